The third kappa shape index (κ3) is 2.98. The first-order chi connectivity index (χ1) is 15.5. The van der Waals surface area contributed by atoms with Crippen molar-refractivity contribution in [3.05, 3.63) is 54.0 Å². The van der Waals surface area contributed by atoms with Crippen molar-refractivity contribution in [2.75, 3.05) is 5.32 Å². The Kier molecular flexibility index (Phi) is 4.42. The molecule has 2 aromatic carbocycles. The molecule has 3 fully saturated rings. The van der Waals surface area contributed by atoms with E-state index in [0.29, 0.717) is 39.9 Å². The lowest BCUT2D eigenvalue weighted by Gasteiger charge is -2.47. The van der Waals surface area contributed by atoms with Gasteiger partial charge in [-0.3, -0.25) is 0 Å². The Morgan fingerprint density at radius 3 is 2.50 bits per heavy atom. The van der Waals surface area contributed by atoms with Gasteiger partial charge >= 0.3 is 0 Å². The Balaban J connectivity index is 1.52. The van der Waals surface area contributed by atoms with Crippen LogP contribution in [-0.4, -0.2) is 21.0 Å². The molecule has 2 aromatic heterocycles. The number of aromatic amines is 1. The molecule has 2 atom stereocenters. The summed E-state index contributed by atoms with van der Waals surface area (Å²) in [5.74, 6) is 0.729. The zero-order valence-corrected chi connectivity index (χ0v) is 17.6. The Morgan fingerprint density at radius 2 is 1.72 bits per heavy atom. The van der Waals surface area contributed by atoms with Crippen molar-refractivity contribution < 1.29 is 13.2 Å². The van der Waals surface area contributed by atoms with E-state index in [4.69, 9.17) is 4.98 Å². The summed E-state index contributed by atoms with van der Waals surface area (Å²) in [6.07, 6.45) is 6.46. The quantitative estimate of drug-likeness (QED) is 0.389. The van der Waals surface area contributed by atoms with Gasteiger partial charge in [-0.25, -0.2) is 23.1 Å². The van der Waals surface area contributed by atoms with Crippen LogP contribution in [0.2, 0.25) is 0 Å². The molecular formula is C25H23F3N4. The number of H-pyrrole nitrogens is 1. The molecule has 0 spiro atoms. The summed E-state index contributed by atoms with van der Waals surface area (Å²) in [6.45, 7) is 2.28. The van der Waals surface area contributed by atoms with Crippen LogP contribution in [0.1, 0.15) is 32.6 Å². The van der Waals surface area contributed by atoms with Crippen molar-refractivity contribution in [3.8, 4) is 11.4 Å². The van der Waals surface area contributed by atoms with E-state index in [1.165, 1.54) is 37.8 Å². The van der Waals surface area contributed by atoms with Crippen LogP contribution in [0.25, 0.3) is 33.2 Å². The molecule has 0 saturated heterocycles. The van der Waals surface area contributed by atoms with Crippen LogP contribution in [0, 0.1) is 35.2 Å². The maximum atomic E-state index is 14.8. The number of hydrogen-bond donors (Lipinski definition) is 2. The molecule has 4 nitrogen and oxygen atoms in total. The van der Waals surface area contributed by atoms with Crippen LogP contribution in [0.5, 0.6) is 0 Å². The molecule has 7 heteroatoms. The van der Waals surface area contributed by atoms with Gasteiger partial charge in [0.2, 0.25) is 0 Å². The van der Waals surface area contributed by atoms with Gasteiger partial charge < -0.3 is 10.3 Å². The zero-order chi connectivity index (χ0) is 22.0. The van der Waals surface area contributed by atoms with Gasteiger partial charge in [0, 0.05) is 34.6 Å². The van der Waals surface area contributed by atoms with E-state index in [9.17, 15) is 13.2 Å². The number of nitrogens with one attached hydrogen (secondary N) is 2. The van der Waals surface area contributed by atoms with Crippen LogP contribution in [0.3, 0.4) is 0 Å². The summed E-state index contributed by atoms with van der Waals surface area (Å²) in [5, 5.41) is 4.57. The number of anilines is 1. The summed E-state index contributed by atoms with van der Waals surface area (Å²) >= 11 is 0. The highest BCUT2D eigenvalue weighted by atomic mass is 19.1. The second kappa shape index (κ2) is 7.22. The molecule has 3 aliphatic rings. The molecule has 2 N–H and O–H groups in total. The molecule has 0 radical (unpaired) electrons. The lowest BCUT2D eigenvalue weighted by atomic mass is 9.62. The lowest BCUT2D eigenvalue weighted by Crippen LogP contribution is -2.47. The monoisotopic (exact) mass is 436 g/mol. The van der Waals surface area contributed by atoms with E-state index >= 15 is 0 Å². The van der Waals surface area contributed by atoms with Gasteiger partial charge in [-0.2, -0.15) is 0 Å². The Morgan fingerprint density at radius 1 is 0.938 bits per heavy atom. The van der Waals surface area contributed by atoms with Crippen molar-refractivity contribution in [1.82, 2.24) is 15.0 Å². The third-order valence-electron chi connectivity index (χ3n) is 7.56. The first-order valence-corrected chi connectivity index (χ1v) is 11.2. The standard InChI is InChI=1S/C25H23F3N4/c1-12-13-5-7-14(8-6-13)21(12)30-24-16-3-2-4-19(27)23(16)31-25(32-24)18-11-29-22-17(18)9-15(26)10-20(22)28/h2-4,9-14,21,29H,5-8H2,1H3,(H,30,31,32)/t12-,13?,14?,21+/m1/s1. The van der Waals surface area contributed by atoms with Gasteiger partial charge in [0.15, 0.2) is 5.82 Å². The molecule has 164 valence electrons. The fourth-order valence-electron chi connectivity index (χ4n) is 5.85. The van der Waals surface area contributed by atoms with Crippen molar-refractivity contribution in [3.63, 3.8) is 0 Å². The van der Waals surface area contributed by atoms with Crippen LogP contribution in [0.15, 0.2) is 36.5 Å². The van der Waals surface area contributed by atoms with Crippen molar-refractivity contribution >= 4 is 27.6 Å². The Bertz CT molecular complexity index is 1340. The highest BCUT2D eigenvalue weighted by Gasteiger charge is 2.41. The van der Waals surface area contributed by atoms with Crippen LogP contribution in [-0.2, 0) is 0 Å². The average Bonchev–Trinajstić information content (AvgIpc) is 3.21. The number of rotatable bonds is 3. The summed E-state index contributed by atoms with van der Waals surface area (Å²) in [6, 6.07) is 7.16. The third-order valence-corrected chi connectivity index (χ3v) is 7.56. The average molecular weight is 436 g/mol. The van der Waals surface area contributed by atoms with Crippen LogP contribution >= 0.6 is 0 Å². The smallest absolute Gasteiger partial charge is 0.164 e. The second-order valence-corrected chi connectivity index (χ2v) is 9.25. The van der Waals surface area contributed by atoms with E-state index in [1.54, 1.807) is 12.3 Å². The fraction of sp³-hybridized carbons (Fsp3) is 0.360. The first kappa shape index (κ1) is 19.6. The van der Waals surface area contributed by atoms with Gasteiger partial charge in [-0.05, 0) is 61.6 Å². The predicted octanol–water partition coefficient (Wildman–Crippen LogP) is 6.43. The molecular weight excluding hydrogens is 413 g/mol. The first-order valence-electron chi connectivity index (χ1n) is 11.2. The molecule has 3 saturated carbocycles. The van der Waals surface area contributed by atoms with Gasteiger partial charge in [0.25, 0.3) is 0 Å². The minimum atomic E-state index is -0.691. The van der Waals surface area contributed by atoms with E-state index < -0.39 is 17.5 Å². The van der Waals surface area contributed by atoms with E-state index in [2.05, 4.69) is 22.2 Å². The van der Waals surface area contributed by atoms with Gasteiger partial charge in [-0.1, -0.05) is 13.0 Å². The largest absolute Gasteiger partial charge is 0.366 e. The van der Waals surface area contributed by atoms with Crippen molar-refractivity contribution in [2.24, 2.45) is 17.8 Å². The summed E-state index contributed by atoms with van der Waals surface area (Å²) in [7, 11) is 0. The highest BCUT2D eigenvalue weighted by molar-refractivity contribution is 5.97. The molecule has 0 aliphatic heterocycles. The van der Waals surface area contributed by atoms with E-state index in [0.717, 1.165) is 6.07 Å². The number of nitrogens with zero attached hydrogens (tertiary/aromatic N) is 2. The van der Waals surface area contributed by atoms with Gasteiger partial charge in [0.05, 0.1) is 5.52 Å². The number of aromatic nitrogens is 3. The summed E-state index contributed by atoms with van der Waals surface area (Å²) in [4.78, 5) is 12.0. The Hall–Kier alpha value is -3.09. The number of hydrogen-bond acceptors (Lipinski definition) is 3. The summed E-state index contributed by atoms with van der Waals surface area (Å²) in [5.41, 5.74) is 0.802. The topological polar surface area (TPSA) is 53.6 Å². The number of fused-ring (bicyclic) bond motifs is 5. The normalized spacial score (nSPS) is 25.0. The van der Waals surface area contributed by atoms with Crippen molar-refractivity contribution in [2.45, 2.75) is 38.6 Å². The number of benzene rings is 2. The molecule has 4 aromatic rings. The van der Waals surface area contributed by atoms with Crippen molar-refractivity contribution in [1.29, 1.82) is 0 Å². The number of para-hydroxylation sites is 1. The maximum Gasteiger partial charge on any atom is 0.164 e. The van der Waals surface area contributed by atoms with Crippen LogP contribution < -0.4 is 5.32 Å². The highest BCUT2D eigenvalue weighted by Crippen LogP contribution is 2.46. The van der Waals surface area contributed by atoms with E-state index in [1.807, 2.05) is 6.07 Å². The molecule has 0 amide bonds. The number of halogens is 3. The fourth-order valence-corrected chi connectivity index (χ4v) is 5.85. The molecule has 2 heterocycles. The minimum Gasteiger partial charge on any atom is -0.366 e. The maximum absolute atomic E-state index is 14.8. The van der Waals surface area contributed by atoms with E-state index in [-0.39, 0.29) is 22.9 Å². The lowest BCUT2D eigenvalue weighted by molar-refractivity contribution is 0.0929. The molecule has 3 aliphatic carbocycles. The molecule has 0 unspecified atom stereocenters. The second-order valence-electron chi connectivity index (χ2n) is 9.25. The minimum absolute atomic E-state index is 0.173. The van der Waals surface area contributed by atoms with Crippen LogP contribution in [0.4, 0.5) is 19.0 Å². The molecule has 7 rings (SSSR count). The summed E-state index contributed by atoms with van der Waals surface area (Å²) < 4.78 is 43.0. The molecule has 2 bridgehead atoms. The predicted molar refractivity (Wildman–Crippen MR) is 119 cm³/mol. The van der Waals surface area contributed by atoms with Gasteiger partial charge in [0.1, 0.15) is 28.8 Å². The zero-order valence-electron chi connectivity index (χ0n) is 17.6. The SMILES string of the molecule is C[C@@H]1C2CCC(CC2)[C@H]1Nc1nc(-c2c[nH]c3c(F)cc(F)cc23)nc2c(F)cccc12. The molecule has 32 heavy (non-hydrogen) atoms. The Labute approximate surface area is 183 Å². The van der Waals surface area contributed by atoms with Gasteiger partial charge in [-0.15, -0.1) is 0 Å².